The quantitative estimate of drug-likeness (QED) is 0.805. The van der Waals surface area contributed by atoms with Gasteiger partial charge in [-0.15, -0.1) is 0 Å². The second-order valence-electron chi connectivity index (χ2n) is 5.06. The van der Waals surface area contributed by atoms with E-state index in [0.717, 1.165) is 37.1 Å². The van der Waals surface area contributed by atoms with Crippen LogP contribution in [0.4, 0.5) is 0 Å². The maximum absolute atomic E-state index is 5.26. The van der Waals surface area contributed by atoms with E-state index >= 15 is 0 Å². The predicted molar refractivity (Wildman–Crippen MR) is 64.7 cm³/mol. The van der Waals surface area contributed by atoms with Crippen molar-refractivity contribution in [2.24, 2.45) is 0 Å². The summed E-state index contributed by atoms with van der Waals surface area (Å²) in [5.74, 6) is 0.987. The topological polar surface area (TPSA) is 44.5 Å². The number of nitrogens with zero attached hydrogens (tertiary/aromatic N) is 3. The van der Waals surface area contributed by atoms with E-state index in [0.29, 0.717) is 0 Å². The second kappa shape index (κ2) is 4.76. The summed E-state index contributed by atoms with van der Waals surface area (Å²) < 4.78 is 5.26. The normalized spacial score (nSPS) is 23.8. The molecule has 1 N–H and O–H groups in total. The van der Waals surface area contributed by atoms with Gasteiger partial charge in [0.2, 0.25) is 0 Å². The third-order valence-corrected chi connectivity index (χ3v) is 3.74. The minimum absolute atomic E-state index is 0.782. The van der Waals surface area contributed by atoms with Crippen LogP contribution in [0.3, 0.4) is 0 Å². The lowest BCUT2D eigenvalue weighted by molar-refractivity contribution is 0.0655. The van der Waals surface area contributed by atoms with Gasteiger partial charge in [0.1, 0.15) is 0 Å². The third kappa shape index (κ3) is 2.51. The van der Waals surface area contributed by atoms with Crippen molar-refractivity contribution in [1.29, 1.82) is 0 Å². The average molecular weight is 236 g/mol. The lowest BCUT2D eigenvalue weighted by Crippen LogP contribution is -2.61. The summed E-state index contributed by atoms with van der Waals surface area (Å²) in [7, 11) is 0. The van der Waals surface area contributed by atoms with Crippen molar-refractivity contribution in [3.8, 4) is 0 Å². The Morgan fingerprint density at radius 1 is 1.35 bits per heavy atom. The first-order valence-corrected chi connectivity index (χ1v) is 6.40. The van der Waals surface area contributed by atoms with E-state index in [-0.39, 0.29) is 0 Å². The van der Waals surface area contributed by atoms with Crippen molar-refractivity contribution in [2.75, 3.05) is 39.3 Å². The SMILES string of the molecule is Cc1cc(CN2CCN(C3CNC3)CC2)on1. The molecule has 0 amide bonds. The molecule has 1 aromatic rings. The Kier molecular flexibility index (Phi) is 3.13. The van der Waals surface area contributed by atoms with Gasteiger partial charge in [0.15, 0.2) is 5.76 Å². The number of aryl methyl sites for hydroxylation is 1. The zero-order valence-electron chi connectivity index (χ0n) is 10.4. The number of piperazine rings is 1. The average Bonchev–Trinajstić information content (AvgIpc) is 2.64. The molecule has 2 fully saturated rings. The van der Waals surface area contributed by atoms with Crippen molar-refractivity contribution < 1.29 is 4.52 Å². The maximum atomic E-state index is 5.26. The van der Waals surface area contributed by atoms with Gasteiger partial charge in [-0.25, -0.2) is 0 Å². The van der Waals surface area contributed by atoms with E-state index in [1.54, 1.807) is 0 Å². The van der Waals surface area contributed by atoms with Crippen molar-refractivity contribution in [1.82, 2.24) is 20.3 Å². The Hall–Kier alpha value is -0.910. The molecule has 5 heteroatoms. The first kappa shape index (κ1) is 11.2. The van der Waals surface area contributed by atoms with Crippen LogP contribution in [0.2, 0.25) is 0 Å². The molecule has 94 valence electrons. The predicted octanol–water partition coefficient (Wildman–Crippen LogP) is 0.0724. The van der Waals surface area contributed by atoms with Gasteiger partial charge in [0.05, 0.1) is 12.2 Å². The third-order valence-electron chi connectivity index (χ3n) is 3.74. The zero-order chi connectivity index (χ0) is 11.7. The van der Waals surface area contributed by atoms with E-state index in [4.69, 9.17) is 4.52 Å². The van der Waals surface area contributed by atoms with E-state index < -0.39 is 0 Å². The second-order valence-corrected chi connectivity index (χ2v) is 5.06. The van der Waals surface area contributed by atoms with Crippen molar-refractivity contribution in [2.45, 2.75) is 19.5 Å². The smallest absolute Gasteiger partial charge is 0.150 e. The van der Waals surface area contributed by atoms with Crippen molar-refractivity contribution in [3.63, 3.8) is 0 Å². The summed E-state index contributed by atoms with van der Waals surface area (Å²) >= 11 is 0. The molecule has 0 saturated carbocycles. The fourth-order valence-electron chi connectivity index (χ4n) is 2.53. The van der Waals surface area contributed by atoms with Gasteiger partial charge >= 0.3 is 0 Å². The number of hydrogen-bond acceptors (Lipinski definition) is 5. The lowest BCUT2D eigenvalue weighted by atomic mass is 10.1. The minimum Gasteiger partial charge on any atom is -0.360 e. The molecule has 0 radical (unpaired) electrons. The van der Waals surface area contributed by atoms with Gasteiger partial charge in [-0.3, -0.25) is 9.80 Å². The van der Waals surface area contributed by atoms with Crippen LogP contribution in [0.1, 0.15) is 11.5 Å². The lowest BCUT2D eigenvalue weighted by Gasteiger charge is -2.43. The number of nitrogens with one attached hydrogen (secondary N) is 1. The molecule has 0 bridgehead atoms. The monoisotopic (exact) mass is 236 g/mol. The van der Waals surface area contributed by atoms with Crippen LogP contribution in [0.5, 0.6) is 0 Å². The summed E-state index contributed by atoms with van der Waals surface area (Å²) in [6, 6.07) is 2.81. The molecule has 0 aliphatic carbocycles. The summed E-state index contributed by atoms with van der Waals surface area (Å²) in [5.41, 5.74) is 0.971. The fourth-order valence-corrected chi connectivity index (χ4v) is 2.53. The van der Waals surface area contributed by atoms with E-state index in [1.807, 2.05) is 13.0 Å². The molecule has 0 spiro atoms. The largest absolute Gasteiger partial charge is 0.360 e. The van der Waals surface area contributed by atoms with Crippen LogP contribution in [-0.4, -0.2) is 60.3 Å². The molecule has 1 aromatic heterocycles. The molecule has 0 aromatic carbocycles. The maximum Gasteiger partial charge on any atom is 0.150 e. The standard InChI is InChI=1S/C12H20N4O/c1-10-6-12(17-14-10)9-15-2-4-16(5-3-15)11-7-13-8-11/h6,11,13H,2-5,7-9H2,1H3. The van der Waals surface area contributed by atoms with Gasteiger partial charge in [0, 0.05) is 51.4 Å². The number of aromatic nitrogens is 1. The Balaban J connectivity index is 1.47. The van der Waals surface area contributed by atoms with Crippen LogP contribution in [0.15, 0.2) is 10.6 Å². The van der Waals surface area contributed by atoms with Gasteiger partial charge in [-0.1, -0.05) is 5.16 Å². The van der Waals surface area contributed by atoms with E-state index in [1.165, 1.54) is 26.2 Å². The molecule has 0 atom stereocenters. The summed E-state index contributed by atoms with van der Waals surface area (Å²) in [5, 5.41) is 7.26. The van der Waals surface area contributed by atoms with Crippen LogP contribution in [-0.2, 0) is 6.54 Å². The first-order chi connectivity index (χ1) is 8.31. The Morgan fingerprint density at radius 3 is 2.65 bits per heavy atom. The first-order valence-electron chi connectivity index (χ1n) is 6.40. The van der Waals surface area contributed by atoms with Gasteiger partial charge < -0.3 is 9.84 Å². The van der Waals surface area contributed by atoms with Gasteiger partial charge in [-0.2, -0.15) is 0 Å². The highest BCUT2D eigenvalue weighted by atomic mass is 16.5. The summed E-state index contributed by atoms with van der Waals surface area (Å²) in [4.78, 5) is 5.04. The Bertz CT molecular complexity index is 366. The van der Waals surface area contributed by atoms with Crippen LogP contribution >= 0.6 is 0 Å². The molecular weight excluding hydrogens is 216 g/mol. The van der Waals surface area contributed by atoms with Crippen molar-refractivity contribution >= 4 is 0 Å². The molecular formula is C12H20N4O. The Morgan fingerprint density at radius 2 is 2.12 bits per heavy atom. The molecule has 17 heavy (non-hydrogen) atoms. The van der Waals surface area contributed by atoms with Crippen LogP contribution < -0.4 is 5.32 Å². The van der Waals surface area contributed by atoms with Crippen molar-refractivity contribution in [3.05, 3.63) is 17.5 Å². The highest BCUT2D eigenvalue weighted by Gasteiger charge is 2.27. The molecule has 0 unspecified atom stereocenters. The minimum atomic E-state index is 0.782. The van der Waals surface area contributed by atoms with E-state index in [2.05, 4.69) is 20.3 Å². The molecule has 2 aliphatic rings. The number of hydrogen-bond donors (Lipinski definition) is 1. The highest BCUT2D eigenvalue weighted by molar-refractivity contribution is 5.03. The molecule has 2 saturated heterocycles. The summed E-state index contributed by atoms with van der Waals surface area (Å²) in [6.45, 7) is 9.83. The molecule has 2 aliphatic heterocycles. The van der Waals surface area contributed by atoms with Crippen LogP contribution in [0, 0.1) is 6.92 Å². The number of rotatable bonds is 3. The Labute approximate surface area is 102 Å². The molecule has 5 nitrogen and oxygen atoms in total. The summed E-state index contributed by atoms with van der Waals surface area (Å²) in [6.07, 6.45) is 0. The van der Waals surface area contributed by atoms with Gasteiger partial charge in [0.25, 0.3) is 0 Å². The molecule has 3 rings (SSSR count). The fraction of sp³-hybridized carbons (Fsp3) is 0.750. The van der Waals surface area contributed by atoms with Gasteiger partial charge in [-0.05, 0) is 6.92 Å². The highest BCUT2D eigenvalue weighted by Crippen LogP contribution is 2.12. The van der Waals surface area contributed by atoms with Crippen LogP contribution in [0.25, 0.3) is 0 Å². The molecule has 3 heterocycles. The van der Waals surface area contributed by atoms with E-state index in [9.17, 15) is 0 Å². The zero-order valence-corrected chi connectivity index (χ0v) is 10.4.